The SMILES string of the molecule is COc1cc2ncnc(NC3CCN(Cc4c(OCCN(C)C)cccc4N(C)C)CC3)c2cc1OC. The average Bonchev–Trinajstić information content (AvgIpc) is 2.89. The minimum Gasteiger partial charge on any atom is -0.493 e. The number of anilines is 2. The highest BCUT2D eigenvalue weighted by Gasteiger charge is 2.23. The van der Waals surface area contributed by atoms with Crippen molar-refractivity contribution in [1.82, 2.24) is 19.8 Å². The molecule has 0 bridgehead atoms. The van der Waals surface area contributed by atoms with E-state index in [1.165, 1.54) is 11.3 Å². The zero-order valence-electron chi connectivity index (χ0n) is 23.0. The van der Waals surface area contributed by atoms with Crippen molar-refractivity contribution in [3.05, 3.63) is 42.2 Å². The van der Waals surface area contributed by atoms with Gasteiger partial charge in [0.05, 0.1) is 19.7 Å². The van der Waals surface area contributed by atoms with E-state index in [1.54, 1.807) is 20.5 Å². The first-order chi connectivity index (χ1) is 17.9. The Morgan fingerprint density at radius 3 is 2.38 bits per heavy atom. The van der Waals surface area contributed by atoms with Gasteiger partial charge >= 0.3 is 0 Å². The summed E-state index contributed by atoms with van der Waals surface area (Å²) in [7, 11) is 11.6. The largest absolute Gasteiger partial charge is 0.493 e. The molecule has 0 aliphatic carbocycles. The number of nitrogens with zero attached hydrogens (tertiary/aromatic N) is 5. The number of hydrogen-bond acceptors (Lipinski definition) is 9. The summed E-state index contributed by atoms with van der Waals surface area (Å²) in [5.41, 5.74) is 3.29. The smallest absolute Gasteiger partial charge is 0.162 e. The standard InChI is InChI=1S/C28H40N6O3/c1-32(2)14-15-37-25-9-7-8-24(33(3)4)22(25)18-34-12-10-20(11-13-34)31-28-21-16-26(35-5)27(36-6)17-23(21)29-19-30-28/h7-9,16-17,19-20H,10-15,18H2,1-6H3,(H,29,30,31). The number of likely N-dealkylation sites (tertiary alicyclic amines) is 1. The highest BCUT2D eigenvalue weighted by Crippen LogP contribution is 2.35. The Morgan fingerprint density at radius 2 is 1.70 bits per heavy atom. The van der Waals surface area contributed by atoms with E-state index in [1.807, 2.05) is 12.1 Å². The Kier molecular flexibility index (Phi) is 8.89. The van der Waals surface area contributed by atoms with Crippen LogP contribution in [-0.4, -0.2) is 94.5 Å². The minimum absolute atomic E-state index is 0.336. The summed E-state index contributed by atoms with van der Waals surface area (Å²) in [5, 5.41) is 4.60. The van der Waals surface area contributed by atoms with Crippen molar-refractivity contribution in [2.75, 3.05) is 78.9 Å². The minimum atomic E-state index is 0.336. The third-order valence-corrected chi connectivity index (χ3v) is 6.84. The first-order valence-corrected chi connectivity index (χ1v) is 12.8. The van der Waals surface area contributed by atoms with Crippen molar-refractivity contribution >= 4 is 22.4 Å². The molecule has 9 heteroatoms. The van der Waals surface area contributed by atoms with Gasteiger partial charge in [-0.15, -0.1) is 0 Å². The molecule has 1 N–H and O–H groups in total. The molecule has 2 aromatic carbocycles. The summed E-state index contributed by atoms with van der Waals surface area (Å²) in [5.74, 6) is 3.14. The average molecular weight is 509 g/mol. The van der Waals surface area contributed by atoms with E-state index >= 15 is 0 Å². The van der Waals surface area contributed by atoms with E-state index < -0.39 is 0 Å². The summed E-state index contributed by atoms with van der Waals surface area (Å²) < 4.78 is 17.1. The maximum atomic E-state index is 6.22. The Bertz CT molecular complexity index is 1180. The molecule has 2 heterocycles. The van der Waals surface area contributed by atoms with Crippen molar-refractivity contribution in [3.63, 3.8) is 0 Å². The maximum Gasteiger partial charge on any atom is 0.162 e. The fraction of sp³-hybridized carbons (Fsp3) is 0.500. The van der Waals surface area contributed by atoms with Crippen LogP contribution in [0.1, 0.15) is 18.4 Å². The Morgan fingerprint density at radius 1 is 0.973 bits per heavy atom. The number of fused-ring (bicyclic) bond motifs is 1. The van der Waals surface area contributed by atoms with Crippen LogP contribution in [0.2, 0.25) is 0 Å². The fourth-order valence-corrected chi connectivity index (χ4v) is 4.76. The lowest BCUT2D eigenvalue weighted by atomic mass is 10.0. The second kappa shape index (κ2) is 12.3. The Hall–Kier alpha value is -3.30. The number of aromatic nitrogens is 2. The van der Waals surface area contributed by atoms with Crippen LogP contribution in [0.25, 0.3) is 10.9 Å². The van der Waals surface area contributed by atoms with Gasteiger partial charge in [0.25, 0.3) is 0 Å². The van der Waals surface area contributed by atoms with Crippen molar-refractivity contribution in [3.8, 4) is 17.2 Å². The van der Waals surface area contributed by atoms with Crippen LogP contribution < -0.4 is 24.4 Å². The van der Waals surface area contributed by atoms with Gasteiger partial charge in [-0.05, 0) is 45.1 Å². The normalized spacial score (nSPS) is 14.7. The summed E-state index contributed by atoms with van der Waals surface area (Å²) in [6, 6.07) is 10.5. The molecule has 1 saturated heterocycles. The van der Waals surface area contributed by atoms with Crippen molar-refractivity contribution < 1.29 is 14.2 Å². The van der Waals surface area contributed by atoms with Gasteiger partial charge in [0, 0.05) is 69.0 Å². The highest BCUT2D eigenvalue weighted by molar-refractivity contribution is 5.91. The molecule has 0 saturated carbocycles. The van der Waals surface area contributed by atoms with E-state index in [9.17, 15) is 0 Å². The first kappa shape index (κ1) is 26.8. The third kappa shape index (κ3) is 6.53. The number of likely N-dealkylation sites (N-methyl/N-ethyl adjacent to an activating group) is 1. The van der Waals surface area contributed by atoms with Gasteiger partial charge in [0.15, 0.2) is 11.5 Å². The van der Waals surface area contributed by atoms with Gasteiger partial charge < -0.3 is 29.3 Å². The molecular weight excluding hydrogens is 468 g/mol. The molecule has 1 aliphatic rings. The van der Waals surface area contributed by atoms with Gasteiger partial charge in [-0.1, -0.05) is 6.07 Å². The molecule has 0 spiro atoms. The number of piperidine rings is 1. The predicted molar refractivity (Wildman–Crippen MR) is 149 cm³/mol. The number of methoxy groups -OCH3 is 2. The van der Waals surface area contributed by atoms with E-state index in [-0.39, 0.29) is 0 Å². The fourth-order valence-electron chi connectivity index (χ4n) is 4.76. The zero-order valence-corrected chi connectivity index (χ0v) is 23.0. The molecule has 3 aromatic rings. The van der Waals surface area contributed by atoms with Crippen LogP contribution in [-0.2, 0) is 6.54 Å². The molecule has 1 aliphatic heterocycles. The second-order valence-corrected chi connectivity index (χ2v) is 9.94. The summed E-state index contributed by atoms with van der Waals surface area (Å²) in [6.07, 6.45) is 3.65. The van der Waals surface area contributed by atoms with Crippen molar-refractivity contribution in [1.29, 1.82) is 0 Å². The van der Waals surface area contributed by atoms with E-state index in [0.717, 1.165) is 61.5 Å². The van der Waals surface area contributed by atoms with Gasteiger partial charge in [0.1, 0.15) is 24.5 Å². The Balaban J connectivity index is 1.43. The van der Waals surface area contributed by atoms with Gasteiger partial charge in [-0.25, -0.2) is 9.97 Å². The van der Waals surface area contributed by atoms with Crippen LogP contribution in [0.15, 0.2) is 36.7 Å². The van der Waals surface area contributed by atoms with Crippen LogP contribution in [0.3, 0.4) is 0 Å². The van der Waals surface area contributed by atoms with E-state index in [0.29, 0.717) is 24.1 Å². The molecule has 37 heavy (non-hydrogen) atoms. The first-order valence-electron chi connectivity index (χ1n) is 12.8. The molecule has 0 atom stereocenters. The van der Waals surface area contributed by atoms with E-state index in [2.05, 4.69) is 76.4 Å². The van der Waals surface area contributed by atoms with Crippen LogP contribution in [0.4, 0.5) is 11.5 Å². The molecular formula is C28H40N6O3. The molecule has 1 aromatic heterocycles. The number of ether oxygens (including phenoxy) is 3. The number of hydrogen-bond donors (Lipinski definition) is 1. The van der Waals surface area contributed by atoms with Crippen molar-refractivity contribution in [2.24, 2.45) is 0 Å². The molecule has 200 valence electrons. The summed E-state index contributed by atoms with van der Waals surface area (Å²) in [4.78, 5) is 15.8. The molecule has 0 unspecified atom stereocenters. The third-order valence-electron chi connectivity index (χ3n) is 6.84. The molecule has 9 nitrogen and oxygen atoms in total. The van der Waals surface area contributed by atoms with Gasteiger partial charge in [-0.2, -0.15) is 0 Å². The van der Waals surface area contributed by atoms with Crippen LogP contribution >= 0.6 is 0 Å². The van der Waals surface area contributed by atoms with E-state index in [4.69, 9.17) is 14.2 Å². The van der Waals surface area contributed by atoms with Crippen molar-refractivity contribution in [2.45, 2.75) is 25.4 Å². The lowest BCUT2D eigenvalue weighted by Gasteiger charge is -2.34. The van der Waals surface area contributed by atoms with Gasteiger partial charge in [0.2, 0.25) is 0 Å². The lowest BCUT2D eigenvalue weighted by Crippen LogP contribution is -2.39. The summed E-state index contributed by atoms with van der Waals surface area (Å²) in [6.45, 7) is 4.42. The van der Waals surface area contributed by atoms with Crippen LogP contribution in [0.5, 0.6) is 17.2 Å². The topological polar surface area (TPSA) is 75.2 Å². The molecule has 0 amide bonds. The molecule has 1 fully saturated rings. The Labute approximate surface area is 220 Å². The second-order valence-electron chi connectivity index (χ2n) is 9.94. The quantitative estimate of drug-likeness (QED) is 0.417. The van der Waals surface area contributed by atoms with Crippen LogP contribution in [0, 0.1) is 0 Å². The predicted octanol–water partition coefficient (Wildman–Crippen LogP) is 3.73. The van der Waals surface area contributed by atoms with Gasteiger partial charge in [-0.3, -0.25) is 4.90 Å². The highest BCUT2D eigenvalue weighted by atomic mass is 16.5. The molecule has 4 rings (SSSR count). The summed E-state index contributed by atoms with van der Waals surface area (Å²) >= 11 is 0. The maximum absolute atomic E-state index is 6.22. The number of rotatable bonds is 11. The zero-order chi connectivity index (χ0) is 26.4. The number of benzene rings is 2. The monoisotopic (exact) mass is 508 g/mol. The lowest BCUT2D eigenvalue weighted by molar-refractivity contribution is 0.205. The molecule has 0 radical (unpaired) electrons. The number of nitrogens with one attached hydrogen (secondary N) is 1.